The van der Waals surface area contributed by atoms with Gasteiger partial charge >= 0.3 is 29.6 Å². The number of carboxylic acid groups (broad SMARTS) is 1. The van der Waals surface area contributed by atoms with Gasteiger partial charge in [-0.25, -0.2) is 4.39 Å². The van der Waals surface area contributed by atoms with Crippen molar-refractivity contribution in [2.45, 2.75) is 40.2 Å². The van der Waals surface area contributed by atoms with Gasteiger partial charge in [0.15, 0.2) is 5.43 Å². The summed E-state index contributed by atoms with van der Waals surface area (Å²) in [5.74, 6) is -1.85. The van der Waals surface area contributed by atoms with E-state index in [1.807, 2.05) is 20.8 Å². The first-order valence-electron chi connectivity index (χ1n) is 10.6. The molecule has 1 atom stereocenters. The molecule has 1 aromatic heterocycles. The first kappa shape index (κ1) is 28.3. The average Bonchev–Trinajstić information content (AvgIpc) is 2.72. The topological polar surface area (TPSA) is 91.6 Å². The van der Waals surface area contributed by atoms with Crippen molar-refractivity contribution in [1.82, 2.24) is 4.57 Å². The summed E-state index contributed by atoms with van der Waals surface area (Å²) in [7, 11) is 0. The van der Waals surface area contributed by atoms with Gasteiger partial charge in [-0.2, -0.15) is 0 Å². The summed E-state index contributed by atoms with van der Waals surface area (Å²) in [4.78, 5) is 24.9. The zero-order valence-electron chi connectivity index (χ0n) is 19.9. The molecule has 6 nitrogen and oxygen atoms in total. The Labute approximate surface area is 224 Å². The molecular weight excluding hydrogens is 472 g/mol. The van der Waals surface area contributed by atoms with Gasteiger partial charge in [-0.15, -0.1) is 0 Å². The van der Waals surface area contributed by atoms with E-state index in [0.29, 0.717) is 22.4 Å². The van der Waals surface area contributed by atoms with E-state index in [-0.39, 0.29) is 59.6 Å². The van der Waals surface area contributed by atoms with Crippen molar-refractivity contribution < 1.29 is 53.7 Å². The van der Waals surface area contributed by atoms with E-state index in [1.165, 1.54) is 18.3 Å². The number of aliphatic hydroxyl groups excluding tert-OH is 1. The third-order valence-electron chi connectivity index (χ3n) is 5.60. The number of hydrogen-bond acceptors (Lipinski definition) is 5. The van der Waals surface area contributed by atoms with Crippen LogP contribution in [0.5, 0.6) is 5.75 Å². The van der Waals surface area contributed by atoms with Crippen LogP contribution in [0.1, 0.15) is 55.2 Å². The van der Waals surface area contributed by atoms with Crippen molar-refractivity contribution in [3.8, 4) is 5.75 Å². The van der Waals surface area contributed by atoms with Gasteiger partial charge in [0.1, 0.15) is 11.6 Å². The fourth-order valence-electron chi connectivity index (χ4n) is 3.95. The predicted octanol–water partition coefficient (Wildman–Crippen LogP) is 0.730. The van der Waals surface area contributed by atoms with Gasteiger partial charge in [0.25, 0.3) is 0 Å². The molecule has 0 unspecified atom stereocenters. The summed E-state index contributed by atoms with van der Waals surface area (Å²) < 4.78 is 21.9. The monoisotopic (exact) mass is 497 g/mol. The number of hydrogen-bond donors (Lipinski definition) is 1. The van der Waals surface area contributed by atoms with E-state index in [0.717, 1.165) is 0 Å². The number of carbonyl (C=O) groups is 1. The van der Waals surface area contributed by atoms with E-state index in [9.17, 15) is 24.2 Å². The third-order valence-corrected chi connectivity index (χ3v) is 5.90. The normalized spacial score (nSPS) is 12.3. The molecule has 0 fully saturated rings. The molecule has 1 N–H and O–H groups in total. The fraction of sp³-hybridized carbons (Fsp3) is 0.360. The predicted molar refractivity (Wildman–Crippen MR) is 124 cm³/mol. The Morgan fingerprint density at radius 1 is 1.29 bits per heavy atom. The van der Waals surface area contributed by atoms with Crippen LogP contribution in [0, 0.1) is 11.2 Å². The van der Waals surface area contributed by atoms with Crippen molar-refractivity contribution in [2.24, 2.45) is 5.41 Å². The minimum atomic E-state index is -1.62. The van der Waals surface area contributed by atoms with Crippen LogP contribution in [-0.4, -0.2) is 28.9 Å². The molecular formula is C25H26ClFNNaO5. The van der Waals surface area contributed by atoms with Crippen LogP contribution in [0.25, 0.3) is 10.9 Å². The number of rotatable bonds is 7. The molecule has 0 aliphatic rings. The zero-order valence-corrected chi connectivity index (χ0v) is 22.7. The molecule has 0 radical (unpaired) electrons. The average molecular weight is 498 g/mol. The second-order valence-electron chi connectivity index (χ2n) is 8.94. The van der Waals surface area contributed by atoms with Gasteiger partial charge in [-0.05, 0) is 41.7 Å². The molecule has 3 aromatic rings. The Kier molecular flexibility index (Phi) is 9.36. The molecule has 0 aliphatic heterocycles. The summed E-state index contributed by atoms with van der Waals surface area (Å²) in [5.41, 5.74) is -0.520. The molecule has 0 amide bonds. The maximum Gasteiger partial charge on any atom is 1.00 e. The molecule has 0 bridgehead atoms. The van der Waals surface area contributed by atoms with Crippen LogP contribution in [-0.2, 0) is 6.42 Å². The fourth-order valence-corrected chi connectivity index (χ4v) is 4.15. The van der Waals surface area contributed by atoms with Gasteiger partial charge in [0.2, 0.25) is 0 Å². The molecule has 2 aromatic carbocycles. The van der Waals surface area contributed by atoms with Gasteiger partial charge in [0.05, 0.1) is 46.7 Å². The summed E-state index contributed by atoms with van der Waals surface area (Å²) in [6, 6.07) is 7.32. The number of aromatic carboxylic acids is 1. The third kappa shape index (κ3) is 5.66. The van der Waals surface area contributed by atoms with Crippen molar-refractivity contribution in [3.05, 3.63) is 74.3 Å². The second-order valence-corrected chi connectivity index (χ2v) is 9.35. The number of halogens is 2. The summed E-state index contributed by atoms with van der Waals surface area (Å²) in [6.45, 7) is 7.45. The van der Waals surface area contributed by atoms with Crippen molar-refractivity contribution in [1.29, 1.82) is 0 Å². The van der Waals surface area contributed by atoms with Crippen molar-refractivity contribution in [3.63, 3.8) is 0 Å². The van der Waals surface area contributed by atoms with E-state index >= 15 is 0 Å². The Hall–Kier alpha value is -1.90. The molecule has 0 saturated heterocycles. The van der Waals surface area contributed by atoms with Crippen LogP contribution in [0.2, 0.25) is 5.02 Å². The summed E-state index contributed by atoms with van der Waals surface area (Å²) in [6.07, 6.45) is 1.31. The van der Waals surface area contributed by atoms with Crippen LogP contribution >= 0.6 is 11.6 Å². The summed E-state index contributed by atoms with van der Waals surface area (Å²) >= 11 is 5.90. The number of carboxylic acids is 1. The number of benzene rings is 2. The summed E-state index contributed by atoms with van der Waals surface area (Å²) in [5, 5.41) is 22.0. The van der Waals surface area contributed by atoms with Gasteiger partial charge in [-0.3, -0.25) is 4.79 Å². The van der Waals surface area contributed by atoms with E-state index in [2.05, 4.69) is 0 Å². The number of pyridine rings is 1. The smallest absolute Gasteiger partial charge is 0.545 e. The van der Waals surface area contributed by atoms with E-state index in [4.69, 9.17) is 16.3 Å². The van der Waals surface area contributed by atoms with Gasteiger partial charge < -0.3 is 24.3 Å². The number of carbonyl (C=O) groups excluding carboxylic acids is 1. The van der Waals surface area contributed by atoms with Crippen LogP contribution in [0.15, 0.2) is 41.3 Å². The Bertz CT molecular complexity index is 1270. The minimum absolute atomic E-state index is 0. The number of nitrogens with zero attached hydrogens (tertiary/aromatic N) is 1. The first-order chi connectivity index (χ1) is 15.5. The largest absolute Gasteiger partial charge is 1.00 e. The van der Waals surface area contributed by atoms with E-state index in [1.54, 1.807) is 29.7 Å². The van der Waals surface area contributed by atoms with Crippen LogP contribution in [0.3, 0.4) is 0 Å². The SMILES string of the molecule is CCOc1cc(Cc2cccc(Cl)c2F)cc2c(=O)c(C(=O)[O-])cn([C@H](CO)C(C)(C)C)c12.[Na+]. The Morgan fingerprint density at radius 3 is 2.53 bits per heavy atom. The Morgan fingerprint density at radius 2 is 1.97 bits per heavy atom. The molecule has 3 rings (SSSR count). The molecule has 9 heteroatoms. The minimum Gasteiger partial charge on any atom is -0.545 e. The first-order valence-corrected chi connectivity index (χ1v) is 11.0. The standard InChI is InChI=1S/C25H27ClFNO5.Na/c1-5-33-19-11-14(9-15-7-6-8-18(26)21(15)27)10-16-22(19)28(20(13-29)25(2,3)4)12-17(23(16)30)24(31)32;/h6-8,10-12,20,29H,5,9,13H2,1-4H3,(H,31,32);/q;+1/p-1/t20-;/m1./s1. The van der Waals surface area contributed by atoms with Gasteiger partial charge in [0, 0.05) is 12.6 Å². The maximum atomic E-state index is 14.5. The molecule has 34 heavy (non-hydrogen) atoms. The van der Waals surface area contributed by atoms with E-state index < -0.39 is 34.2 Å². The second kappa shape index (κ2) is 11.2. The molecule has 176 valence electrons. The van der Waals surface area contributed by atoms with Crippen LogP contribution in [0.4, 0.5) is 4.39 Å². The number of aromatic nitrogens is 1. The van der Waals surface area contributed by atoms with Crippen molar-refractivity contribution in [2.75, 3.05) is 13.2 Å². The molecule has 1 heterocycles. The number of ether oxygens (including phenoxy) is 1. The Balaban J connectivity index is 0.00000408. The number of aliphatic hydroxyl groups is 1. The molecule has 0 saturated carbocycles. The van der Waals surface area contributed by atoms with Crippen LogP contribution < -0.4 is 44.8 Å². The van der Waals surface area contributed by atoms with Crippen molar-refractivity contribution >= 4 is 28.5 Å². The zero-order chi connectivity index (χ0) is 24.5. The van der Waals surface area contributed by atoms with Gasteiger partial charge in [-0.1, -0.05) is 44.5 Å². The molecule has 0 aliphatic carbocycles. The maximum absolute atomic E-state index is 14.5. The number of fused-ring (bicyclic) bond motifs is 1. The quantitative estimate of drug-likeness (QED) is 0.486. The molecule has 0 spiro atoms.